The van der Waals surface area contributed by atoms with Gasteiger partial charge in [0.2, 0.25) is 47.3 Å². The van der Waals surface area contributed by atoms with Crippen molar-refractivity contribution in [3.8, 4) is 0 Å². The molecule has 25 nitrogen and oxygen atoms in total. The highest BCUT2D eigenvalue weighted by molar-refractivity contribution is 7.09. The summed E-state index contributed by atoms with van der Waals surface area (Å²) in [4.78, 5) is 141. The van der Waals surface area contributed by atoms with Crippen LogP contribution in [0.3, 0.4) is 0 Å². The maximum absolute atomic E-state index is 14.7. The summed E-state index contributed by atoms with van der Waals surface area (Å²) in [5.41, 5.74) is 5.51. The molecule has 0 unspecified atom stereocenters. The number of primary amides is 1. The molecule has 2 heterocycles. The molecule has 1 aromatic heterocycles. The van der Waals surface area contributed by atoms with Crippen LogP contribution in [0.5, 0.6) is 0 Å². The molecule has 0 saturated carbocycles. The molecule has 2 aromatic carbocycles. The van der Waals surface area contributed by atoms with Gasteiger partial charge in [0.15, 0.2) is 0 Å². The number of ether oxygens (including phenoxy) is 3. The van der Waals surface area contributed by atoms with Gasteiger partial charge in [-0.25, -0.2) is 14.6 Å². The number of carbonyl (C=O) groups excluding carboxylic acids is 10. The lowest BCUT2D eigenvalue weighted by atomic mass is 9.89. The van der Waals surface area contributed by atoms with Gasteiger partial charge in [0.05, 0.1) is 42.7 Å². The molecule has 492 valence electrons. The number of alkyl carbamates (subject to hydrolysis) is 1. The van der Waals surface area contributed by atoms with E-state index in [0.717, 1.165) is 10.6 Å². The zero-order valence-electron chi connectivity index (χ0n) is 54.1. The van der Waals surface area contributed by atoms with E-state index in [2.05, 4.69) is 47.5 Å². The first-order valence-corrected chi connectivity index (χ1v) is 31.3. The summed E-state index contributed by atoms with van der Waals surface area (Å²) in [5.74, 6) is -5.44. The molecule has 4 rings (SSSR count). The smallest absolute Gasteiger partial charge is 0.408 e. The Kier molecular flexibility index (Phi) is 29.4. The molecule has 26 heteroatoms. The van der Waals surface area contributed by atoms with Crippen LogP contribution in [0, 0.1) is 23.7 Å². The fourth-order valence-electron chi connectivity index (χ4n) is 10.8. The molecule has 0 radical (unpaired) electrons. The zero-order chi connectivity index (χ0) is 66.3. The van der Waals surface area contributed by atoms with E-state index >= 15 is 0 Å². The Labute approximate surface area is 527 Å². The lowest BCUT2D eigenvalue weighted by molar-refractivity contribution is -0.148. The number of rotatable bonds is 34. The van der Waals surface area contributed by atoms with Crippen molar-refractivity contribution in [3.05, 3.63) is 82.3 Å². The van der Waals surface area contributed by atoms with Gasteiger partial charge in [0, 0.05) is 58.5 Å². The second-order valence-electron chi connectivity index (χ2n) is 24.1. The number of likely N-dealkylation sites (N-methyl/N-ethyl adjacent to an activating group) is 1. The quantitative estimate of drug-likeness (QED) is 0.0361. The molecule has 11 atom stereocenters. The first-order chi connectivity index (χ1) is 42.0. The summed E-state index contributed by atoms with van der Waals surface area (Å²) in [6.45, 7) is 18.8. The third-order valence-corrected chi connectivity index (χ3v) is 17.0. The van der Waals surface area contributed by atoms with Gasteiger partial charge in [0.25, 0.3) is 0 Å². The lowest BCUT2D eigenvalue weighted by Gasteiger charge is -2.41. The van der Waals surface area contributed by atoms with Gasteiger partial charge in [-0.3, -0.25) is 38.4 Å². The van der Waals surface area contributed by atoms with E-state index in [1.165, 1.54) is 46.1 Å². The monoisotopic (exact) mass is 1260 g/mol. The van der Waals surface area contributed by atoms with Crippen molar-refractivity contribution >= 4 is 76.4 Å². The number of amides is 11. The maximum Gasteiger partial charge on any atom is 0.408 e. The van der Waals surface area contributed by atoms with Crippen LogP contribution in [-0.2, 0) is 65.6 Å². The molecule has 3 aromatic rings. The molecule has 89 heavy (non-hydrogen) atoms. The van der Waals surface area contributed by atoms with Crippen molar-refractivity contribution in [2.75, 3.05) is 39.7 Å². The van der Waals surface area contributed by atoms with Crippen molar-refractivity contribution < 1.29 is 62.2 Å². The van der Waals surface area contributed by atoms with Gasteiger partial charge in [-0.15, -0.1) is 11.3 Å². The molecule has 0 bridgehead atoms. The SMILES string of the molecule is CC[C@H](C)[C@@H]([C@@H](CC(=O)N1CCC[C@H]1[C@H](OC)[C@@H](C)C(=O)N[C@@H](Cc1ccccc1)c1nccs1)OC)N(C)C(=O)[C@@H](NC(=O)C(C)(C)NC(=O)OCc1ccc(NC(=O)[C@H](CCCNC(N)=O)NC(=O)[C@@H](NC(=O)[C@@H](C)NC(C)=O)C(C)C)cc1)C(C)C. The van der Waals surface area contributed by atoms with Crippen LogP contribution in [0.25, 0.3) is 0 Å². The number of nitrogens with two attached hydrogens (primary N) is 1. The minimum atomic E-state index is -1.59. The van der Waals surface area contributed by atoms with Crippen molar-refractivity contribution in [2.45, 2.75) is 188 Å². The third kappa shape index (κ3) is 22.4. The van der Waals surface area contributed by atoms with E-state index in [1.807, 2.05) is 56.5 Å². The zero-order valence-corrected chi connectivity index (χ0v) is 54.9. The fourth-order valence-corrected chi connectivity index (χ4v) is 11.5. The number of anilines is 1. The number of aromatic nitrogens is 1. The van der Waals surface area contributed by atoms with E-state index in [1.54, 1.807) is 82.1 Å². The van der Waals surface area contributed by atoms with Crippen LogP contribution in [0.1, 0.15) is 137 Å². The van der Waals surface area contributed by atoms with E-state index in [9.17, 15) is 47.9 Å². The number of nitrogens with one attached hydrogen (secondary N) is 8. The summed E-state index contributed by atoms with van der Waals surface area (Å²) in [7, 11) is 4.69. The van der Waals surface area contributed by atoms with Crippen LogP contribution in [0.2, 0.25) is 0 Å². The third-order valence-electron chi connectivity index (χ3n) is 16.1. The average Bonchev–Trinajstić information content (AvgIpc) is 2.36. The average molecular weight is 1260 g/mol. The highest BCUT2D eigenvalue weighted by Crippen LogP contribution is 2.31. The number of hydrogen-bond donors (Lipinski definition) is 9. The standard InChI is InChI=1S/C63H96N12O13S/c1-15-38(6)52(48(86-13)34-49(77)75-31-20-24-47(75)53(87-14)39(7)54(78)70-46(58-65-30-32-89-58)33-42-21-17-16-18-22-42)74(12)59(82)51(37(4)5)72-60(83)63(10,11)73-62(85)88-35-43-25-27-44(28-26-43)68-56(80)45(23-19-29-66-61(64)84)69-57(81)50(36(2)3)71-55(79)40(8)67-41(9)76/h16-18,21-22,25-28,30,32,36-40,45-48,50-53H,15,19-20,23-24,29,31,33-35H2,1-14H3,(H,67,76)(H,68,80)(H,69,81)(H,70,78)(H,71,79)(H,72,83)(H,73,85)(H3,64,66,84)/t38-,39+,40+,45-,46-,47-,48+,50-,51-,52-,53+/m0/s1. The Balaban J connectivity index is 1.38. The van der Waals surface area contributed by atoms with Crippen molar-refractivity contribution in [2.24, 2.45) is 29.4 Å². The summed E-state index contributed by atoms with van der Waals surface area (Å²) in [6.07, 6.45) is 2.13. The first kappa shape index (κ1) is 73.8. The number of carbonyl (C=O) groups is 10. The van der Waals surface area contributed by atoms with Crippen LogP contribution in [0.15, 0.2) is 66.2 Å². The fraction of sp³-hybridized carbons (Fsp3) is 0.603. The molecule has 10 N–H and O–H groups in total. The highest BCUT2D eigenvalue weighted by Gasteiger charge is 2.44. The molecule has 11 amide bonds. The van der Waals surface area contributed by atoms with Crippen molar-refractivity contribution in [3.63, 3.8) is 0 Å². The van der Waals surface area contributed by atoms with Gasteiger partial charge < -0.3 is 72.3 Å². The number of nitrogens with zero attached hydrogens (tertiary/aromatic N) is 3. The number of benzene rings is 2. The van der Waals surface area contributed by atoms with E-state index in [-0.39, 0.29) is 56.2 Å². The van der Waals surface area contributed by atoms with Crippen LogP contribution in [-0.4, -0.2) is 163 Å². The summed E-state index contributed by atoms with van der Waals surface area (Å²) < 4.78 is 17.6. The predicted molar refractivity (Wildman–Crippen MR) is 337 cm³/mol. The van der Waals surface area contributed by atoms with Gasteiger partial charge >= 0.3 is 12.1 Å². The first-order valence-electron chi connectivity index (χ1n) is 30.5. The van der Waals surface area contributed by atoms with Crippen LogP contribution >= 0.6 is 11.3 Å². The topological polar surface area (TPSA) is 340 Å². The Bertz CT molecular complexity index is 2820. The Hall–Kier alpha value is -7.71. The molecular formula is C63H96N12O13S. The summed E-state index contributed by atoms with van der Waals surface area (Å²) in [5, 5.41) is 24.3. The number of thiazole rings is 1. The number of hydrogen-bond acceptors (Lipinski definition) is 15. The minimum Gasteiger partial charge on any atom is -0.445 e. The molecule has 1 saturated heterocycles. The predicted octanol–water partition coefficient (Wildman–Crippen LogP) is 4.85. The minimum absolute atomic E-state index is 0.0754. The number of methoxy groups -OCH3 is 2. The van der Waals surface area contributed by atoms with Crippen molar-refractivity contribution in [1.82, 2.24) is 52.0 Å². The maximum atomic E-state index is 14.7. The van der Waals surface area contributed by atoms with Gasteiger partial charge in [-0.2, -0.15) is 0 Å². The van der Waals surface area contributed by atoms with Gasteiger partial charge in [-0.05, 0) is 93.9 Å². The van der Waals surface area contributed by atoms with E-state index in [0.29, 0.717) is 43.5 Å². The summed E-state index contributed by atoms with van der Waals surface area (Å²) >= 11 is 1.47. The Morgan fingerprint density at radius 2 is 1.46 bits per heavy atom. The van der Waals surface area contributed by atoms with Gasteiger partial charge in [-0.1, -0.05) is 97.4 Å². The molecule has 0 spiro atoms. The molecule has 0 aliphatic carbocycles. The Morgan fingerprint density at radius 1 is 0.798 bits per heavy atom. The van der Waals surface area contributed by atoms with Gasteiger partial charge in [0.1, 0.15) is 41.3 Å². The van der Waals surface area contributed by atoms with Crippen molar-refractivity contribution in [1.29, 1.82) is 0 Å². The molecule has 1 aliphatic rings. The molecule has 1 fully saturated rings. The molecule has 1 aliphatic heterocycles. The summed E-state index contributed by atoms with van der Waals surface area (Å²) in [6, 6.07) is 9.83. The lowest BCUT2D eigenvalue weighted by Crippen LogP contribution is -2.62. The Morgan fingerprint density at radius 3 is 2.03 bits per heavy atom. The highest BCUT2D eigenvalue weighted by atomic mass is 32.1. The largest absolute Gasteiger partial charge is 0.445 e. The second kappa shape index (κ2) is 35.5. The number of likely N-dealkylation sites (tertiary alicyclic amines) is 1. The second-order valence-corrected chi connectivity index (χ2v) is 25.0. The normalized spacial score (nSPS) is 16.6. The molecular weight excluding hydrogens is 1160 g/mol. The van der Waals surface area contributed by atoms with E-state index in [4.69, 9.17) is 19.9 Å². The van der Waals surface area contributed by atoms with Crippen LogP contribution in [0.4, 0.5) is 15.3 Å². The van der Waals surface area contributed by atoms with Crippen LogP contribution < -0.4 is 48.3 Å². The van der Waals surface area contributed by atoms with E-state index < -0.39 is 119 Å². The number of urea groups is 1.